The third-order valence-corrected chi connectivity index (χ3v) is 3.32. The Hall–Kier alpha value is -0.450. The molecule has 0 aliphatic carbocycles. The van der Waals surface area contributed by atoms with Crippen molar-refractivity contribution in [1.82, 2.24) is 10.3 Å². The molecule has 0 radical (unpaired) electrons. The zero-order valence-corrected chi connectivity index (χ0v) is 9.68. The maximum Gasteiger partial charge on any atom is 0.0794 e. The Morgan fingerprint density at radius 1 is 1.64 bits per heavy atom. The second-order valence-electron chi connectivity index (χ2n) is 3.65. The Labute approximate surface area is 89.7 Å². The van der Waals surface area contributed by atoms with E-state index >= 15 is 0 Å². The van der Waals surface area contributed by atoms with E-state index in [1.165, 1.54) is 4.88 Å². The van der Waals surface area contributed by atoms with E-state index in [9.17, 15) is 0 Å². The molecule has 0 aliphatic rings. The largest absolute Gasteiger partial charge is 0.326 e. The summed E-state index contributed by atoms with van der Waals surface area (Å²) in [6, 6.07) is 0.257. The number of nitrogens with zero attached hydrogens (tertiary/aromatic N) is 1. The number of rotatable bonds is 6. The molecule has 0 saturated carbocycles. The lowest BCUT2D eigenvalue weighted by Gasteiger charge is -2.18. The highest BCUT2D eigenvalue weighted by Gasteiger charge is 2.09. The van der Waals surface area contributed by atoms with Gasteiger partial charge in [0.15, 0.2) is 0 Å². The maximum absolute atomic E-state index is 5.99. The highest BCUT2D eigenvalue weighted by Crippen LogP contribution is 2.06. The van der Waals surface area contributed by atoms with E-state index in [4.69, 9.17) is 5.73 Å². The first-order valence-electron chi connectivity index (χ1n) is 5.07. The van der Waals surface area contributed by atoms with Crippen LogP contribution in [0.3, 0.4) is 0 Å². The Kier molecular flexibility index (Phi) is 5.07. The summed E-state index contributed by atoms with van der Waals surface area (Å²) in [6.45, 7) is 6.13. The van der Waals surface area contributed by atoms with Crippen LogP contribution < -0.4 is 11.1 Å². The van der Waals surface area contributed by atoms with E-state index < -0.39 is 0 Å². The minimum Gasteiger partial charge on any atom is -0.326 e. The van der Waals surface area contributed by atoms with Crippen molar-refractivity contribution in [3.8, 4) is 0 Å². The molecule has 4 heteroatoms. The fraction of sp³-hybridized carbons (Fsp3) is 0.700. The zero-order chi connectivity index (χ0) is 10.4. The second kappa shape index (κ2) is 6.11. The SMILES string of the molecule is CCC(C)C(N)CNCc1cncs1. The van der Waals surface area contributed by atoms with Gasteiger partial charge in [0.2, 0.25) is 0 Å². The molecule has 0 aromatic carbocycles. The molecule has 1 heterocycles. The molecule has 1 rings (SSSR count). The van der Waals surface area contributed by atoms with Crippen LogP contribution in [0.25, 0.3) is 0 Å². The van der Waals surface area contributed by atoms with E-state index in [-0.39, 0.29) is 6.04 Å². The summed E-state index contributed by atoms with van der Waals surface area (Å²) in [5.41, 5.74) is 7.85. The summed E-state index contributed by atoms with van der Waals surface area (Å²) >= 11 is 1.67. The molecule has 0 saturated heterocycles. The summed E-state index contributed by atoms with van der Waals surface area (Å²) < 4.78 is 0. The summed E-state index contributed by atoms with van der Waals surface area (Å²) in [5, 5.41) is 3.35. The second-order valence-corrected chi connectivity index (χ2v) is 4.62. The molecule has 1 aromatic heterocycles. The molecule has 2 atom stereocenters. The molecule has 0 fully saturated rings. The lowest BCUT2D eigenvalue weighted by Crippen LogP contribution is -2.38. The Bertz CT molecular complexity index is 236. The molecule has 3 nitrogen and oxygen atoms in total. The summed E-state index contributed by atoms with van der Waals surface area (Å²) in [5.74, 6) is 0.587. The van der Waals surface area contributed by atoms with Crippen molar-refractivity contribution < 1.29 is 0 Å². The third-order valence-electron chi connectivity index (χ3n) is 2.54. The van der Waals surface area contributed by atoms with Crippen molar-refractivity contribution >= 4 is 11.3 Å². The van der Waals surface area contributed by atoms with Gasteiger partial charge < -0.3 is 11.1 Å². The average molecular weight is 213 g/mol. The highest BCUT2D eigenvalue weighted by molar-refractivity contribution is 7.09. The van der Waals surface area contributed by atoms with Crippen LogP contribution in [0.2, 0.25) is 0 Å². The smallest absolute Gasteiger partial charge is 0.0794 e. The lowest BCUT2D eigenvalue weighted by molar-refractivity contribution is 0.419. The van der Waals surface area contributed by atoms with Gasteiger partial charge in [-0.25, -0.2) is 0 Å². The van der Waals surface area contributed by atoms with Gasteiger partial charge in [0, 0.05) is 30.2 Å². The number of nitrogens with two attached hydrogens (primary N) is 1. The molecule has 0 bridgehead atoms. The van der Waals surface area contributed by atoms with Crippen molar-refractivity contribution in [2.45, 2.75) is 32.9 Å². The number of thiazole rings is 1. The molecule has 2 unspecified atom stereocenters. The fourth-order valence-corrected chi connectivity index (χ4v) is 1.76. The van der Waals surface area contributed by atoms with E-state index in [1.54, 1.807) is 11.3 Å². The van der Waals surface area contributed by atoms with Crippen LogP contribution in [0.5, 0.6) is 0 Å². The van der Waals surface area contributed by atoms with Crippen LogP contribution in [0, 0.1) is 5.92 Å². The fourth-order valence-electron chi connectivity index (χ4n) is 1.20. The van der Waals surface area contributed by atoms with Crippen molar-refractivity contribution in [2.75, 3.05) is 6.54 Å². The van der Waals surface area contributed by atoms with Gasteiger partial charge in [-0.05, 0) is 5.92 Å². The molecular formula is C10H19N3S. The van der Waals surface area contributed by atoms with Crippen molar-refractivity contribution in [1.29, 1.82) is 0 Å². The van der Waals surface area contributed by atoms with Crippen LogP contribution in [-0.2, 0) is 6.54 Å². The first-order chi connectivity index (χ1) is 6.74. The minimum atomic E-state index is 0.257. The zero-order valence-electron chi connectivity index (χ0n) is 8.86. The predicted molar refractivity (Wildman–Crippen MR) is 61.3 cm³/mol. The van der Waals surface area contributed by atoms with E-state index in [0.29, 0.717) is 5.92 Å². The minimum absolute atomic E-state index is 0.257. The molecule has 0 spiro atoms. The van der Waals surface area contributed by atoms with Gasteiger partial charge in [-0.1, -0.05) is 20.3 Å². The van der Waals surface area contributed by atoms with E-state index in [0.717, 1.165) is 19.5 Å². The first-order valence-corrected chi connectivity index (χ1v) is 5.95. The van der Waals surface area contributed by atoms with Crippen molar-refractivity contribution in [2.24, 2.45) is 11.7 Å². The maximum atomic E-state index is 5.99. The van der Waals surface area contributed by atoms with Gasteiger partial charge >= 0.3 is 0 Å². The van der Waals surface area contributed by atoms with E-state index in [2.05, 4.69) is 24.1 Å². The molecule has 80 valence electrons. The first kappa shape index (κ1) is 11.6. The van der Waals surface area contributed by atoms with Crippen molar-refractivity contribution in [3.63, 3.8) is 0 Å². The number of nitrogens with one attached hydrogen (secondary N) is 1. The summed E-state index contributed by atoms with van der Waals surface area (Å²) in [7, 11) is 0. The molecule has 0 amide bonds. The van der Waals surface area contributed by atoms with Gasteiger partial charge in [-0.3, -0.25) is 4.98 Å². The van der Waals surface area contributed by atoms with Gasteiger partial charge in [0.05, 0.1) is 5.51 Å². The Morgan fingerprint density at radius 2 is 2.43 bits per heavy atom. The van der Waals surface area contributed by atoms with Gasteiger partial charge in [0.1, 0.15) is 0 Å². The third kappa shape index (κ3) is 3.74. The molecule has 0 aliphatic heterocycles. The van der Waals surface area contributed by atoms with Crippen LogP contribution in [0.1, 0.15) is 25.1 Å². The Balaban J connectivity index is 2.15. The van der Waals surface area contributed by atoms with Gasteiger partial charge in [0.25, 0.3) is 0 Å². The monoisotopic (exact) mass is 213 g/mol. The van der Waals surface area contributed by atoms with Crippen LogP contribution in [0.4, 0.5) is 0 Å². The average Bonchev–Trinajstić information content (AvgIpc) is 2.69. The molecule has 3 N–H and O–H groups in total. The van der Waals surface area contributed by atoms with Crippen molar-refractivity contribution in [3.05, 3.63) is 16.6 Å². The van der Waals surface area contributed by atoms with Crippen LogP contribution in [-0.4, -0.2) is 17.6 Å². The van der Waals surface area contributed by atoms with Crippen LogP contribution >= 0.6 is 11.3 Å². The molecule has 1 aromatic rings. The predicted octanol–water partition coefficient (Wildman–Crippen LogP) is 1.61. The quantitative estimate of drug-likeness (QED) is 0.755. The normalized spacial score (nSPS) is 15.4. The summed E-state index contributed by atoms with van der Waals surface area (Å²) in [6.07, 6.45) is 3.04. The lowest BCUT2D eigenvalue weighted by atomic mass is 10.0. The number of hydrogen-bond donors (Lipinski definition) is 2. The standard InChI is InChI=1S/C10H19N3S/c1-3-8(2)10(11)6-12-4-9-5-13-7-14-9/h5,7-8,10,12H,3-4,6,11H2,1-2H3. The number of aromatic nitrogens is 1. The Morgan fingerprint density at radius 3 is 3.00 bits per heavy atom. The van der Waals surface area contributed by atoms with Gasteiger partial charge in [-0.2, -0.15) is 0 Å². The van der Waals surface area contributed by atoms with Crippen LogP contribution in [0.15, 0.2) is 11.7 Å². The summed E-state index contributed by atoms with van der Waals surface area (Å²) in [4.78, 5) is 5.28. The molecule has 14 heavy (non-hydrogen) atoms. The molecular weight excluding hydrogens is 194 g/mol. The topological polar surface area (TPSA) is 50.9 Å². The van der Waals surface area contributed by atoms with E-state index in [1.807, 2.05) is 11.7 Å². The van der Waals surface area contributed by atoms with Gasteiger partial charge in [-0.15, -0.1) is 11.3 Å². The highest BCUT2D eigenvalue weighted by atomic mass is 32.1. The number of hydrogen-bond acceptors (Lipinski definition) is 4.